The monoisotopic (exact) mass is 226 g/mol. The van der Waals surface area contributed by atoms with E-state index >= 15 is 0 Å². The highest BCUT2D eigenvalue weighted by atomic mass is 14.1. The molecule has 90 valence electrons. The van der Waals surface area contributed by atoms with E-state index in [1.165, 1.54) is 22.3 Å². The Labute approximate surface area is 105 Å². The van der Waals surface area contributed by atoms with Crippen molar-refractivity contribution in [1.82, 2.24) is 0 Å². The summed E-state index contributed by atoms with van der Waals surface area (Å²) in [5.74, 6) is 0. The van der Waals surface area contributed by atoms with Crippen LogP contribution in [0.5, 0.6) is 0 Å². The van der Waals surface area contributed by atoms with Gasteiger partial charge in [-0.2, -0.15) is 0 Å². The summed E-state index contributed by atoms with van der Waals surface area (Å²) >= 11 is 0. The number of benzene rings is 1. The third-order valence-corrected chi connectivity index (χ3v) is 2.78. The highest BCUT2D eigenvalue weighted by Gasteiger charge is 2.05. The molecule has 0 radical (unpaired) electrons. The lowest BCUT2D eigenvalue weighted by atomic mass is 9.93. The van der Waals surface area contributed by atoms with E-state index in [4.69, 9.17) is 0 Å². The van der Waals surface area contributed by atoms with Gasteiger partial charge in [-0.25, -0.2) is 0 Å². The highest BCUT2D eigenvalue weighted by molar-refractivity contribution is 5.82. The van der Waals surface area contributed by atoms with E-state index in [9.17, 15) is 0 Å². The molecule has 0 aliphatic rings. The molecular formula is C17H22. The molecule has 0 saturated carbocycles. The van der Waals surface area contributed by atoms with Crippen LogP contribution in [0.4, 0.5) is 0 Å². The van der Waals surface area contributed by atoms with Crippen molar-refractivity contribution in [2.45, 2.75) is 34.1 Å². The SMILES string of the molecule is CC=CC(C)=C(C(C)=CCC)c1ccccc1. The Morgan fingerprint density at radius 1 is 1.12 bits per heavy atom. The third kappa shape index (κ3) is 3.74. The Morgan fingerprint density at radius 3 is 2.29 bits per heavy atom. The summed E-state index contributed by atoms with van der Waals surface area (Å²) in [6, 6.07) is 10.6. The Morgan fingerprint density at radius 2 is 1.76 bits per heavy atom. The van der Waals surface area contributed by atoms with Crippen LogP contribution in [-0.4, -0.2) is 0 Å². The highest BCUT2D eigenvalue weighted by Crippen LogP contribution is 2.27. The molecule has 0 aromatic heterocycles. The van der Waals surface area contributed by atoms with Crippen molar-refractivity contribution in [3.05, 3.63) is 65.3 Å². The molecule has 0 bridgehead atoms. The molecular weight excluding hydrogens is 204 g/mol. The molecule has 0 atom stereocenters. The Kier molecular flexibility index (Phi) is 5.48. The molecule has 0 heterocycles. The maximum Gasteiger partial charge on any atom is -0.0129 e. The van der Waals surface area contributed by atoms with Crippen LogP contribution < -0.4 is 0 Å². The second-order valence-corrected chi connectivity index (χ2v) is 4.22. The van der Waals surface area contributed by atoms with E-state index in [-0.39, 0.29) is 0 Å². The molecule has 0 fully saturated rings. The molecule has 1 aromatic rings. The van der Waals surface area contributed by atoms with E-state index in [0.717, 1.165) is 6.42 Å². The lowest BCUT2D eigenvalue weighted by Gasteiger charge is -2.11. The van der Waals surface area contributed by atoms with Gasteiger partial charge < -0.3 is 0 Å². The largest absolute Gasteiger partial charge is 0.0874 e. The first-order valence-corrected chi connectivity index (χ1v) is 6.26. The number of hydrogen-bond donors (Lipinski definition) is 0. The zero-order valence-electron chi connectivity index (χ0n) is 11.3. The first kappa shape index (κ1) is 13.5. The van der Waals surface area contributed by atoms with Crippen LogP contribution in [0.2, 0.25) is 0 Å². The minimum Gasteiger partial charge on any atom is -0.0874 e. The van der Waals surface area contributed by atoms with Crippen molar-refractivity contribution in [2.75, 3.05) is 0 Å². The van der Waals surface area contributed by atoms with Crippen LogP contribution in [0.15, 0.2) is 59.7 Å². The van der Waals surface area contributed by atoms with Gasteiger partial charge in [0.05, 0.1) is 0 Å². The molecule has 0 amide bonds. The summed E-state index contributed by atoms with van der Waals surface area (Å²) < 4.78 is 0. The van der Waals surface area contributed by atoms with E-state index in [0.29, 0.717) is 0 Å². The first-order chi connectivity index (χ1) is 8.20. The van der Waals surface area contributed by atoms with Crippen LogP contribution in [-0.2, 0) is 0 Å². The van der Waals surface area contributed by atoms with Gasteiger partial charge in [0.2, 0.25) is 0 Å². The fourth-order valence-corrected chi connectivity index (χ4v) is 2.11. The zero-order chi connectivity index (χ0) is 12.7. The molecule has 1 rings (SSSR count). The van der Waals surface area contributed by atoms with Gasteiger partial charge in [-0.1, -0.05) is 55.5 Å². The standard InChI is InChI=1S/C17H22/c1-5-10-14(3)17(15(4)11-6-2)16-12-8-7-9-13-16/h5,7-13H,6H2,1-4H3. The van der Waals surface area contributed by atoms with Crippen molar-refractivity contribution in [1.29, 1.82) is 0 Å². The van der Waals surface area contributed by atoms with Crippen LogP contribution in [0.1, 0.15) is 39.7 Å². The van der Waals surface area contributed by atoms with Crippen LogP contribution in [0, 0.1) is 0 Å². The van der Waals surface area contributed by atoms with Crippen molar-refractivity contribution in [2.24, 2.45) is 0 Å². The normalized spacial score (nSPS) is 14.0. The molecule has 0 spiro atoms. The predicted molar refractivity (Wildman–Crippen MR) is 77.9 cm³/mol. The van der Waals surface area contributed by atoms with E-state index in [1.54, 1.807) is 0 Å². The average molecular weight is 226 g/mol. The molecule has 1 aromatic carbocycles. The topological polar surface area (TPSA) is 0 Å². The summed E-state index contributed by atoms with van der Waals surface area (Å²) in [6.07, 6.45) is 7.63. The Hall–Kier alpha value is -1.56. The van der Waals surface area contributed by atoms with Crippen molar-refractivity contribution >= 4 is 5.57 Å². The summed E-state index contributed by atoms with van der Waals surface area (Å²) in [5, 5.41) is 0. The van der Waals surface area contributed by atoms with Crippen LogP contribution in [0.3, 0.4) is 0 Å². The molecule has 0 nitrogen and oxygen atoms in total. The molecule has 0 aliphatic carbocycles. The lowest BCUT2D eigenvalue weighted by Crippen LogP contribution is -1.90. The average Bonchev–Trinajstić information content (AvgIpc) is 2.31. The van der Waals surface area contributed by atoms with E-state index in [2.05, 4.69) is 76.3 Å². The fraction of sp³-hybridized carbons (Fsp3) is 0.294. The van der Waals surface area contributed by atoms with Gasteiger partial charge >= 0.3 is 0 Å². The smallest absolute Gasteiger partial charge is 0.0129 e. The minimum atomic E-state index is 1.07. The second kappa shape index (κ2) is 6.90. The van der Waals surface area contributed by atoms with Crippen LogP contribution >= 0.6 is 0 Å². The number of rotatable bonds is 4. The summed E-state index contributed by atoms with van der Waals surface area (Å²) in [5.41, 5.74) is 5.33. The summed E-state index contributed by atoms with van der Waals surface area (Å²) in [6.45, 7) is 8.61. The Balaban J connectivity index is 3.31. The van der Waals surface area contributed by atoms with Crippen LogP contribution in [0.25, 0.3) is 5.57 Å². The lowest BCUT2D eigenvalue weighted by molar-refractivity contribution is 1.20. The predicted octanol–water partition coefficient (Wildman–Crippen LogP) is 5.39. The minimum absolute atomic E-state index is 1.07. The van der Waals surface area contributed by atoms with Crippen molar-refractivity contribution in [3.63, 3.8) is 0 Å². The van der Waals surface area contributed by atoms with Gasteiger partial charge in [-0.15, -0.1) is 0 Å². The van der Waals surface area contributed by atoms with Gasteiger partial charge in [0, 0.05) is 0 Å². The zero-order valence-corrected chi connectivity index (χ0v) is 11.3. The fourth-order valence-electron chi connectivity index (χ4n) is 2.11. The first-order valence-electron chi connectivity index (χ1n) is 6.26. The van der Waals surface area contributed by atoms with E-state index < -0.39 is 0 Å². The maximum absolute atomic E-state index is 2.29. The van der Waals surface area contributed by atoms with Gasteiger partial charge in [0.15, 0.2) is 0 Å². The van der Waals surface area contributed by atoms with Gasteiger partial charge in [0.25, 0.3) is 0 Å². The van der Waals surface area contributed by atoms with Gasteiger partial charge in [-0.3, -0.25) is 0 Å². The van der Waals surface area contributed by atoms with Crippen molar-refractivity contribution < 1.29 is 0 Å². The number of allylic oxidation sites excluding steroid dienone is 6. The quantitative estimate of drug-likeness (QED) is 0.604. The third-order valence-electron chi connectivity index (χ3n) is 2.78. The van der Waals surface area contributed by atoms with E-state index in [1.807, 2.05) is 0 Å². The molecule has 0 N–H and O–H groups in total. The van der Waals surface area contributed by atoms with Gasteiger partial charge in [0.1, 0.15) is 0 Å². The molecule has 0 aliphatic heterocycles. The second-order valence-electron chi connectivity index (χ2n) is 4.22. The summed E-state index contributed by atoms with van der Waals surface area (Å²) in [4.78, 5) is 0. The maximum atomic E-state index is 2.29. The van der Waals surface area contributed by atoms with Crippen molar-refractivity contribution in [3.8, 4) is 0 Å². The molecule has 0 heteroatoms. The summed E-state index contributed by atoms with van der Waals surface area (Å²) in [7, 11) is 0. The molecule has 17 heavy (non-hydrogen) atoms. The molecule has 0 unspecified atom stereocenters. The molecule has 0 saturated heterocycles. The van der Waals surface area contributed by atoms with Gasteiger partial charge in [-0.05, 0) is 49.5 Å². The Bertz CT molecular complexity index is 430. The number of hydrogen-bond acceptors (Lipinski definition) is 0.